The van der Waals surface area contributed by atoms with Gasteiger partial charge in [-0.05, 0) is 77.4 Å². The Morgan fingerprint density at radius 3 is 1.80 bits per heavy atom. The van der Waals surface area contributed by atoms with Crippen molar-refractivity contribution in [2.24, 2.45) is 4.99 Å². The SMILES string of the molecule is CCCCCCCC(=O)OCCCCCCCN(CCCCCCCC(=O)OC(CCCC)CCCCC)CCCN=C(NC#N)N(C)C.[HH]. The Morgan fingerprint density at radius 2 is 1.18 bits per heavy atom. The third-order valence-corrected chi connectivity index (χ3v) is 9.01. The van der Waals surface area contributed by atoms with Gasteiger partial charge in [-0.25, -0.2) is 0 Å². The fourth-order valence-corrected chi connectivity index (χ4v) is 5.95. The second-order valence-electron chi connectivity index (χ2n) is 14.0. The minimum Gasteiger partial charge on any atom is -0.466 e. The summed E-state index contributed by atoms with van der Waals surface area (Å²) in [5.74, 6) is 0.552. The molecule has 0 saturated heterocycles. The topological polar surface area (TPSA) is 107 Å². The summed E-state index contributed by atoms with van der Waals surface area (Å²) < 4.78 is 11.3. The van der Waals surface area contributed by atoms with Crippen LogP contribution in [-0.2, 0) is 19.1 Å². The zero-order valence-electron chi connectivity index (χ0n) is 32.7. The molecule has 0 radical (unpaired) electrons. The van der Waals surface area contributed by atoms with Gasteiger partial charge in [-0.3, -0.25) is 19.9 Å². The second kappa shape index (κ2) is 35.5. The number of aliphatic imine (C=N–C) groups is 1. The predicted molar refractivity (Wildman–Crippen MR) is 207 cm³/mol. The van der Waals surface area contributed by atoms with Crippen LogP contribution in [0.5, 0.6) is 0 Å². The summed E-state index contributed by atoms with van der Waals surface area (Å²) in [6, 6.07) is 0. The van der Waals surface area contributed by atoms with Gasteiger partial charge in [0.25, 0.3) is 0 Å². The summed E-state index contributed by atoms with van der Waals surface area (Å²) in [6.07, 6.45) is 28.8. The van der Waals surface area contributed by atoms with Crippen LogP contribution in [0.15, 0.2) is 4.99 Å². The summed E-state index contributed by atoms with van der Waals surface area (Å²) in [4.78, 5) is 33.3. The number of ether oxygens (including phenoxy) is 2. The van der Waals surface area contributed by atoms with Crippen molar-refractivity contribution in [1.29, 1.82) is 5.26 Å². The van der Waals surface area contributed by atoms with E-state index in [2.05, 4.69) is 36.0 Å². The number of hydrogen-bond donors (Lipinski definition) is 1. The maximum absolute atomic E-state index is 12.5. The Labute approximate surface area is 303 Å². The van der Waals surface area contributed by atoms with Gasteiger partial charge in [-0.2, -0.15) is 5.26 Å². The van der Waals surface area contributed by atoms with Crippen molar-refractivity contribution >= 4 is 17.9 Å². The van der Waals surface area contributed by atoms with Crippen molar-refractivity contribution < 1.29 is 20.5 Å². The van der Waals surface area contributed by atoms with E-state index in [0.29, 0.717) is 32.0 Å². The molecule has 0 bridgehead atoms. The highest BCUT2D eigenvalue weighted by Gasteiger charge is 2.14. The minimum absolute atomic E-state index is 0. The first-order chi connectivity index (χ1) is 23.9. The first-order valence-corrected chi connectivity index (χ1v) is 20.3. The molecular formula is C40H79N5O4. The van der Waals surface area contributed by atoms with Gasteiger partial charge in [0.15, 0.2) is 6.19 Å². The molecule has 0 aliphatic rings. The molecule has 9 heteroatoms. The standard InChI is InChI=1S/C40H77N5O4.H2/c1-6-9-12-15-21-29-38(46)48-35-25-19-14-18-24-33-45(34-26-31-42-40(43-36-41)44(4)5)32-23-17-13-16-22-30-39(47)49-37(27-11-8-3)28-20-10-7-2;/h37H,6-35H2,1-5H3,(H,42,43);1H. The van der Waals surface area contributed by atoms with E-state index >= 15 is 0 Å². The van der Waals surface area contributed by atoms with Gasteiger partial charge in [0, 0.05) is 34.9 Å². The lowest BCUT2D eigenvalue weighted by Crippen LogP contribution is -2.34. The summed E-state index contributed by atoms with van der Waals surface area (Å²) in [5, 5.41) is 11.6. The first kappa shape index (κ1) is 46.7. The van der Waals surface area contributed by atoms with Crippen LogP contribution >= 0.6 is 0 Å². The quantitative estimate of drug-likeness (QED) is 0.0177. The normalized spacial score (nSPS) is 12.1. The summed E-state index contributed by atoms with van der Waals surface area (Å²) in [5.41, 5.74) is 0. The van der Waals surface area contributed by atoms with E-state index in [-0.39, 0.29) is 19.5 Å². The van der Waals surface area contributed by atoms with Gasteiger partial charge in [0.05, 0.1) is 6.61 Å². The molecule has 0 heterocycles. The minimum atomic E-state index is -0.0378. The van der Waals surface area contributed by atoms with Crippen molar-refractivity contribution in [1.82, 2.24) is 15.1 Å². The molecule has 0 aromatic carbocycles. The van der Waals surface area contributed by atoms with Crippen molar-refractivity contribution in [2.75, 3.05) is 46.9 Å². The maximum atomic E-state index is 12.5. The molecule has 0 spiro atoms. The first-order valence-electron chi connectivity index (χ1n) is 20.3. The van der Waals surface area contributed by atoms with Gasteiger partial charge in [-0.15, -0.1) is 0 Å². The number of nitrogens with one attached hydrogen (secondary N) is 1. The van der Waals surface area contributed by atoms with E-state index in [1.807, 2.05) is 25.2 Å². The molecule has 0 saturated carbocycles. The maximum Gasteiger partial charge on any atom is 0.306 e. The summed E-state index contributed by atoms with van der Waals surface area (Å²) in [6.45, 7) is 11.0. The van der Waals surface area contributed by atoms with E-state index in [4.69, 9.17) is 14.7 Å². The van der Waals surface area contributed by atoms with Crippen molar-refractivity contribution in [3.05, 3.63) is 0 Å². The van der Waals surface area contributed by atoms with Crippen molar-refractivity contribution in [3.63, 3.8) is 0 Å². The predicted octanol–water partition coefficient (Wildman–Crippen LogP) is 9.79. The van der Waals surface area contributed by atoms with Crippen LogP contribution in [0.3, 0.4) is 0 Å². The Balaban J connectivity index is 0. The number of unbranched alkanes of at least 4 members (excludes halogenated alkanes) is 15. The lowest BCUT2D eigenvalue weighted by Gasteiger charge is -2.22. The zero-order chi connectivity index (χ0) is 36.2. The number of esters is 2. The Bertz CT molecular complexity index is 852. The van der Waals surface area contributed by atoms with Crippen LogP contribution in [0.4, 0.5) is 0 Å². The average molecular weight is 694 g/mol. The van der Waals surface area contributed by atoms with Crippen LogP contribution in [0, 0.1) is 11.5 Å². The van der Waals surface area contributed by atoms with Gasteiger partial charge in [0.2, 0.25) is 5.96 Å². The van der Waals surface area contributed by atoms with E-state index in [1.54, 1.807) is 0 Å². The smallest absolute Gasteiger partial charge is 0.306 e. The number of hydrogen-bond acceptors (Lipinski definition) is 7. The Hall–Kier alpha value is -2.34. The molecule has 1 N–H and O–H groups in total. The molecule has 0 aromatic heterocycles. The molecule has 49 heavy (non-hydrogen) atoms. The van der Waals surface area contributed by atoms with Crippen LogP contribution in [0.2, 0.25) is 0 Å². The molecule has 0 aliphatic heterocycles. The number of carbonyl (C=O) groups excluding carboxylic acids is 2. The molecule has 0 amide bonds. The molecule has 0 fully saturated rings. The molecule has 0 aromatic rings. The third kappa shape index (κ3) is 31.4. The van der Waals surface area contributed by atoms with Crippen LogP contribution in [0.25, 0.3) is 0 Å². The molecule has 0 aliphatic carbocycles. The molecule has 1 unspecified atom stereocenters. The summed E-state index contributed by atoms with van der Waals surface area (Å²) >= 11 is 0. The number of nitrogens with zero attached hydrogens (tertiary/aromatic N) is 4. The monoisotopic (exact) mass is 694 g/mol. The number of guanidine groups is 1. The Kier molecular flexibility index (Phi) is 33.8. The Morgan fingerprint density at radius 1 is 0.673 bits per heavy atom. The highest BCUT2D eigenvalue weighted by atomic mass is 16.5. The van der Waals surface area contributed by atoms with Gasteiger partial charge < -0.3 is 19.3 Å². The van der Waals surface area contributed by atoms with Crippen LogP contribution < -0.4 is 5.32 Å². The van der Waals surface area contributed by atoms with E-state index in [1.165, 1.54) is 57.8 Å². The van der Waals surface area contributed by atoms with Gasteiger partial charge in [0.1, 0.15) is 6.10 Å². The molecule has 1 atom stereocenters. The fourth-order valence-electron chi connectivity index (χ4n) is 5.95. The molecular weight excluding hydrogens is 614 g/mol. The van der Waals surface area contributed by atoms with Crippen molar-refractivity contribution in [3.8, 4) is 6.19 Å². The molecule has 288 valence electrons. The lowest BCUT2D eigenvalue weighted by atomic mass is 10.1. The van der Waals surface area contributed by atoms with Crippen molar-refractivity contribution in [2.45, 2.75) is 187 Å². The second-order valence-corrected chi connectivity index (χ2v) is 14.0. The molecule has 9 nitrogen and oxygen atoms in total. The summed E-state index contributed by atoms with van der Waals surface area (Å²) in [7, 11) is 3.77. The highest BCUT2D eigenvalue weighted by molar-refractivity contribution is 5.80. The third-order valence-electron chi connectivity index (χ3n) is 9.01. The fraction of sp³-hybridized carbons (Fsp3) is 0.900. The van der Waals surface area contributed by atoms with Crippen LogP contribution in [-0.4, -0.2) is 80.7 Å². The van der Waals surface area contributed by atoms with Gasteiger partial charge in [-0.1, -0.05) is 111 Å². The zero-order valence-corrected chi connectivity index (χ0v) is 32.7. The number of nitriles is 1. The number of carbonyl (C=O) groups is 2. The largest absolute Gasteiger partial charge is 0.466 e. The average Bonchev–Trinajstić information content (AvgIpc) is 3.08. The highest BCUT2D eigenvalue weighted by Crippen LogP contribution is 2.16. The van der Waals surface area contributed by atoms with E-state index in [9.17, 15) is 9.59 Å². The van der Waals surface area contributed by atoms with E-state index < -0.39 is 0 Å². The van der Waals surface area contributed by atoms with Crippen LogP contribution in [0.1, 0.15) is 183 Å². The molecule has 0 rings (SSSR count). The number of rotatable bonds is 34. The van der Waals surface area contributed by atoms with Gasteiger partial charge >= 0.3 is 11.9 Å². The van der Waals surface area contributed by atoms with E-state index in [0.717, 1.165) is 110 Å². The lowest BCUT2D eigenvalue weighted by molar-refractivity contribution is -0.150.